The van der Waals surface area contributed by atoms with E-state index in [1.165, 1.54) is 23.2 Å². The molecule has 0 spiro atoms. The number of urea groups is 1. The summed E-state index contributed by atoms with van der Waals surface area (Å²) >= 11 is 6.07. The highest BCUT2D eigenvalue weighted by atomic mass is 35.5. The summed E-state index contributed by atoms with van der Waals surface area (Å²) in [5.74, 6) is 0.947. The van der Waals surface area contributed by atoms with Crippen LogP contribution in [-0.4, -0.2) is 67.9 Å². The van der Waals surface area contributed by atoms with E-state index < -0.39 is 10.0 Å². The summed E-state index contributed by atoms with van der Waals surface area (Å²) in [6.07, 6.45) is 4.13. The quantitative estimate of drug-likeness (QED) is 0.736. The minimum atomic E-state index is -3.68. The molecule has 0 aliphatic carbocycles. The molecular weight excluding hydrogens is 438 g/mol. The molecule has 2 aromatic rings. The minimum absolute atomic E-state index is 0.0982. The molecule has 3 heterocycles. The fourth-order valence-electron chi connectivity index (χ4n) is 3.90. The Hall–Kier alpha value is -2.36. The van der Waals surface area contributed by atoms with Crippen LogP contribution in [0.4, 0.5) is 10.6 Å². The highest BCUT2D eigenvalue weighted by molar-refractivity contribution is 7.89. The van der Waals surface area contributed by atoms with Gasteiger partial charge in [-0.3, -0.25) is 0 Å². The van der Waals surface area contributed by atoms with Crippen LogP contribution in [0.5, 0.6) is 0 Å². The Labute approximate surface area is 187 Å². The van der Waals surface area contributed by atoms with Crippen molar-refractivity contribution in [3.63, 3.8) is 0 Å². The van der Waals surface area contributed by atoms with E-state index in [0.717, 1.165) is 24.5 Å². The molecule has 1 N–H and O–H groups in total. The number of hydrogen-bond acceptors (Lipinski definition) is 5. The average molecular weight is 464 g/mol. The summed E-state index contributed by atoms with van der Waals surface area (Å²) in [5.41, 5.74) is 0.991. The summed E-state index contributed by atoms with van der Waals surface area (Å²) in [4.78, 5) is 21.0. The Balaban J connectivity index is 1.31. The molecule has 1 aromatic heterocycles. The zero-order chi connectivity index (χ0) is 21.8. The number of nitrogens with zero attached hydrogens (tertiary/aromatic N) is 4. The van der Waals surface area contributed by atoms with Crippen LogP contribution in [-0.2, 0) is 16.6 Å². The first-order valence-corrected chi connectivity index (χ1v) is 12.2. The predicted molar refractivity (Wildman–Crippen MR) is 120 cm³/mol. The zero-order valence-electron chi connectivity index (χ0n) is 17.2. The van der Waals surface area contributed by atoms with Crippen LogP contribution in [0.25, 0.3) is 0 Å². The van der Waals surface area contributed by atoms with E-state index in [9.17, 15) is 13.2 Å². The van der Waals surface area contributed by atoms with Gasteiger partial charge >= 0.3 is 6.03 Å². The fourth-order valence-corrected chi connectivity index (χ4v) is 5.82. The molecule has 0 bridgehead atoms. The van der Waals surface area contributed by atoms with Gasteiger partial charge in [0.05, 0.1) is 5.02 Å². The first-order chi connectivity index (χ1) is 14.9. The van der Waals surface area contributed by atoms with Crippen molar-refractivity contribution in [3.8, 4) is 0 Å². The van der Waals surface area contributed by atoms with Crippen LogP contribution in [0.1, 0.15) is 18.4 Å². The normalized spacial score (nSPS) is 17.7. The van der Waals surface area contributed by atoms with E-state index in [-0.39, 0.29) is 29.0 Å². The van der Waals surface area contributed by atoms with Crippen LogP contribution in [0.3, 0.4) is 0 Å². The highest BCUT2D eigenvalue weighted by Gasteiger charge is 2.31. The second kappa shape index (κ2) is 9.42. The summed E-state index contributed by atoms with van der Waals surface area (Å²) in [5, 5.41) is 3.13. The molecule has 31 heavy (non-hydrogen) atoms. The van der Waals surface area contributed by atoms with Crippen molar-refractivity contribution in [1.82, 2.24) is 19.5 Å². The molecule has 0 radical (unpaired) electrons. The number of rotatable bonds is 5. The zero-order valence-corrected chi connectivity index (χ0v) is 18.8. The molecule has 2 aliphatic rings. The van der Waals surface area contributed by atoms with Gasteiger partial charge in [-0.2, -0.15) is 4.31 Å². The van der Waals surface area contributed by atoms with E-state index in [2.05, 4.69) is 15.2 Å². The Bertz CT molecular complexity index is 1030. The fraction of sp³-hybridized carbons (Fsp3) is 0.429. The van der Waals surface area contributed by atoms with Gasteiger partial charge in [-0.15, -0.1) is 0 Å². The number of anilines is 1. The number of benzene rings is 1. The predicted octanol–water partition coefficient (Wildman–Crippen LogP) is 2.55. The number of aromatic nitrogens is 1. The van der Waals surface area contributed by atoms with E-state index in [1.54, 1.807) is 29.3 Å². The first-order valence-electron chi connectivity index (χ1n) is 10.4. The number of pyridine rings is 1. The number of hydrogen-bond donors (Lipinski definition) is 1. The van der Waals surface area contributed by atoms with E-state index in [4.69, 9.17) is 11.6 Å². The lowest BCUT2D eigenvalue weighted by Crippen LogP contribution is -2.53. The van der Waals surface area contributed by atoms with Crippen molar-refractivity contribution in [2.24, 2.45) is 0 Å². The summed E-state index contributed by atoms with van der Waals surface area (Å²) < 4.78 is 27.1. The van der Waals surface area contributed by atoms with Crippen LogP contribution >= 0.6 is 11.6 Å². The van der Waals surface area contributed by atoms with Crippen molar-refractivity contribution in [2.75, 3.05) is 44.2 Å². The Morgan fingerprint density at radius 2 is 1.74 bits per heavy atom. The molecule has 0 saturated carbocycles. The number of nitrogens with one attached hydrogen (secondary N) is 1. The maximum absolute atomic E-state index is 12.8. The summed E-state index contributed by atoms with van der Waals surface area (Å²) in [6, 6.07) is 10.1. The third kappa shape index (κ3) is 4.94. The van der Waals surface area contributed by atoms with Gasteiger partial charge in [-0.1, -0.05) is 23.7 Å². The van der Waals surface area contributed by atoms with Crippen LogP contribution in [0.15, 0.2) is 47.5 Å². The molecular formula is C21H26ClN5O3S. The molecule has 0 atom stereocenters. The van der Waals surface area contributed by atoms with Crippen molar-refractivity contribution in [2.45, 2.75) is 24.3 Å². The lowest BCUT2D eigenvalue weighted by molar-refractivity contribution is 0.172. The summed E-state index contributed by atoms with van der Waals surface area (Å²) in [6.45, 7) is 3.55. The number of amides is 2. The van der Waals surface area contributed by atoms with Crippen molar-refractivity contribution in [3.05, 3.63) is 53.2 Å². The van der Waals surface area contributed by atoms with E-state index >= 15 is 0 Å². The molecule has 2 amide bonds. The standard InChI is InChI=1S/C21H26ClN5O3S/c22-18-5-1-2-6-19(18)31(29,30)27-13-11-26(12-14-27)21(28)24-16-17-7-8-23-20(15-17)25-9-3-4-10-25/h1-2,5-8,15H,3-4,9-14,16H2,(H,24,28). The van der Waals surface area contributed by atoms with Crippen molar-refractivity contribution in [1.29, 1.82) is 0 Å². The molecule has 8 nitrogen and oxygen atoms in total. The third-order valence-electron chi connectivity index (χ3n) is 5.66. The smallest absolute Gasteiger partial charge is 0.317 e. The molecule has 2 aliphatic heterocycles. The SMILES string of the molecule is O=C(NCc1ccnc(N2CCCC2)c1)N1CCN(S(=O)(=O)c2ccccc2Cl)CC1. The topological polar surface area (TPSA) is 85.8 Å². The summed E-state index contributed by atoms with van der Waals surface area (Å²) in [7, 11) is -3.68. The largest absolute Gasteiger partial charge is 0.357 e. The number of sulfonamides is 1. The number of halogens is 1. The van der Waals surface area contributed by atoms with Gasteiger partial charge in [0.15, 0.2) is 0 Å². The van der Waals surface area contributed by atoms with Crippen molar-refractivity contribution < 1.29 is 13.2 Å². The first kappa shape index (κ1) is 21.9. The molecule has 1 aromatic carbocycles. The lowest BCUT2D eigenvalue weighted by atomic mass is 10.2. The molecule has 2 fully saturated rings. The van der Waals surface area contributed by atoms with Crippen LogP contribution < -0.4 is 10.2 Å². The van der Waals surface area contributed by atoms with Crippen LogP contribution in [0.2, 0.25) is 5.02 Å². The monoisotopic (exact) mass is 463 g/mol. The van der Waals surface area contributed by atoms with Gasteiger partial charge in [0.2, 0.25) is 10.0 Å². The molecule has 2 saturated heterocycles. The van der Waals surface area contributed by atoms with Gasteiger partial charge in [0, 0.05) is 52.0 Å². The second-order valence-corrected chi connectivity index (χ2v) is 10.0. The Kier molecular flexibility index (Phi) is 6.64. The molecule has 166 valence electrons. The highest BCUT2D eigenvalue weighted by Crippen LogP contribution is 2.25. The molecule has 4 rings (SSSR count). The number of carbonyl (C=O) groups is 1. The minimum Gasteiger partial charge on any atom is -0.357 e. The molecule has 0 unspecified atom stereocenters. The van der Waals surface area contributed by atoms with Gasteiger partial charge in [-0.25, -0.2) is 18.2 Å². The molecule has 10 heteroatoms. The Morgan fingerprint density at radius 3 is 2.45 bits per heavy atom. The average Bonchev–Trinajstić information content (AvgIpc) is 3.33. The maximum Gasteiger partial charge on any atom is 0.317 e. The number of piperazine rings is 1. The Morgan fingerprint density at radius 1 is 1.03 bits per heavy atom. The van der Waals surface area contributed by atoms with Gasteiger partial charge in [0.25, 0.3) is 0 Å². The van der Waals surface area contributed by atoms with Crippen molar-refractivity contribution >= 4 is 33.5 Å². The second-order valence-electron chi connectivity index (χ2n) is 7.70. The van der Waals surface area contributed by atoms with E-state index in [0.29, 0.717) is 19.6 Å². The van der Waals surface area contributed by atoms with Gasteiger partial charge < -0.3 is 15.1 Å². The lowest BCUT2D eigenvalue weighted by Gasteiger charge is -2.34. The third-order valence-corrected chi connectivity index (χ3v) is 8.06. The number of carbonyl (C=O) groups excluding carboxylic acids is 1. The van der Waals surface area contributed by atoms with Gasteiger partial charge in [-0.05, 0) is 42.7 Å². The maximum atomic E-state index is 12.8. The van der Waals surface area contributed by atoms with Gasteiger partial charge in [0.1, 0.15) is 10.7 Å². The van der Waals surface area contributed by atoms with Crippen LogP contribution in [0, 0.1) is 0 Å². The van der Waals surface area contributed by atoms with E-state index in [1.807, 2.05) is 12.1 Å².